The highest BCUT2D eigenvalue weighted by atomic mass is 15.2. The van der Waals surface area contributed by atoms with Gasteiger partial charge in [-0.05, 0) is 58.0 Å². The van der Waals surface area contributed by atoms with Gasteiger partial charge in [-0.25, -0.2) is 0 Å². The quantitative estimate of drug-likeness (QED) is 0.341. The zero-order valence-corrected chi connectivity index (χ0v) is 17.5. The molecule has 0 radical (unpaired) electrons. The lowest BCUT2D eigenvalue weighted by Crippen LogP contribution is -2.43. The van der Waals surface area contributed by atoms with Gasteiger partial charge in [0.25, 0.3) is 0 Å². The van der Waals surface area contributed by atoms with Crippen LogP contribution in [0.15, 0.2) is 35.3 Å². The molecule has 0 aliphatic heterocycles. The van der Waals surface area contributed by atoms with Crippen molar-refractivity contribution in [2.45, 2.75) is 46.1 Å². The molecule has 0 fully saturated rings. The van der Waals surface area contributed by atoms with Gasteiger partial charge in [-0.2, -0.15) is 0 Å². The van der Waals surface area contributed by atoms with Crippen molar-refractivity contribution in [1.29, 1.82) is 0 Å². The molecule has 148 valence electrons. The number of para-hydroxylation sites is 1. The molecule has 0 aliphatic rings. The fraction of sp³-hybridized carbons (Fsp3) is 0.667. The highest BCUT2D eigenvalue weighted by molar-refractivity contribution is 5.79. The third-order valence-corrected chi connectivity index (χ3v) is 4.77. The first kappa shape index (κ1) is 22.3. The molecule has 1 atom stereocenters. The van der Waals surface area contributed by atoms with Crippen molar-refractivity contribution in [2.24, 2.45) is 4.99 Å². The molecule has 0 amide bonds. The van der Waals surface area contributed by atoms with Gasteiger partial charge in [-0.1, -0.05) is 32.0 Å². The van der Waals surface area contributed by atoms with Gasteiger partial charge in [0.1, 0.15) is 0 Å². The lowest BCUT2D eigenvalue weighted by molar-refractivity contribution is 0.292. The predicted molar refractivity (Wildman–Crippen MR) is 115 cm³/mol. The molecule has 1 aromatic carbocycles. The average Bonchev–Trinajstić information content (AvgIpc) is 2.68. The highest BCUT2D eigenvalue weighted by Crippen LogP contribution is 2.10. The molecule has 0 saturated carbocycles. The van der Waals surface area contributed by atoms with Crippen molar-refractivity contribution in [2.75, 3.05) is 51.7 Å². The SMILES string of the molecule is CCN(CC)CCCC(C)NC(=NC)NCCCN(C)c1ccccc1. The van der Waals surface area contributed by atoms with E-state index in [0.29, 0.717) is 6.04 Å². The Labute approximate surface area is 160 Å². The fourth-order valence-electron chi connectivity index (χ4n) is 3.00. The van der Waals surface area contributed by atoms with Crippen molar-refractivity contribution < 1.29 is 0 Å². The average molecular weight is 362 g/mol. The van der Waals surface area contributed by atoms with E-state index in [1.54, 1.807) is 0 Å². The Morgan fingerprint density at radius 2 is 1.77 bits per heavy atom. The minimum atomic E-state index is 0.434. The van der Waals surface area contributed by atoms with Crippen molar-refractivity contribution in [3.63, 3.8) is 0 Å². The summed E-state index contributed by atoms with van der Waals surface area (Å²) in [6.07, 6.45) is 3.45. The molecule has 5 heteroatoms. The van der Waals surface area contributed by atoms with E-state index in [-0.39, 0.29) is 0 Å². The molecule has 1 rings (SSSR count). The Kier molecular flexibility index (Phi) is 11.5. The molecule has 0 aromatic heterocycles. The third-order valence-electron chi connectivity index (χ3n) is 4.77. The van der Waals surface area contributed by atoms with E-state index in [1.165, 1.54) is 18.7 Å². The molecule has 0 spiro atoms. The molecule has 0 saturated heterocycles. The molecule has 0 heterocycles. The summed E-state index contributed by atoms with van der Waals surface area (Å²) in [6.45, 7) is 12.1. The summed E-state index contributed by atoms with van der Waals surface area (Å²) in [5, 5.41) is 6.93. The van der Waals surface area contributed by atoms with Crippen molar-refractivity contribution in [3.05, 3.63) is 30.3 Å². The first-order valence-electron chi connectivity index (χ1n) is 10.1. The number of hydrogen-bond acceptors (Lipinski definition) is 3. The van der Waals surface area contributed by atoms with E-state index in [2.05, 4.69) is 83.6 Å². The van der Waals surface area contributed by atoms with Crippen molar-refractivity contribution in [1.82, 2.24) is 15.5 Å². The van der Waals surface area contributed by atoms with Crippen LogP contribution < -0.4 is 15.5 Å². The van der Waals surface area contributed by atoms with E-state index in [0.717, 1.165) is 45.0 Å². The van der Waals surface area contributed by atoms with Crippen LogP contribution in [0.3, 0.4) is 0 Å². The molecule has 1 unspecified atom stereocenters. The summed E-state index contributed by atoms with van der Waals surface area (Å²) in [6, 6.07) is 10.9. The summed E-state index contributed by atoms with van der Waals surface area (Å²) in [4.78, 5) is 9.11. The van der Waals surface area contributed by atoms with Crippen LogP contribution in [0, 0.1) is 0 Å². The van der Waals surface area contributed by atoms with Crippen LogP contribution in [0.1, 0.15) is 40.0 Å². The van der Waals surface area contributed by atoms with Crippen LogP contribution in [0.5, 0.6) is 0 Å². The first-order chi connectivity index (χ1) is 12.6. The summed E-state index contributed by atoms with van der Waals surface area (Å²) in [5.41, 5.74) is 1.26. The Hall–Kier alpha value is -1.75. The number of benzene rings is 1. The minimum absolute atomic E-state index is 0.434. The number of nitrogens with zero attached hydrogens (tertiary/aromatic N) is 3. The molecule has 5 nitrogen and oxygen atoms in total. The van der Waals surface area contributed by atoms with Gasteiger partial charge in [0.05, 0.1) is 0 Å². The number of anilines is 1. The second kappa shape index (κ2) is 13.5. The summed E-state index contributed by atoms with van der Waals surface area (Å²) >= 11 is 0. The van der Waals surface area contributed by atoms with Gasteiger partial charge in [0.15, 0.2) is 5.96 Å². The van der Waals surface area contributed by atoms with Crippen LogP contribution >= 0.6 is 0 Å². The summed E-state index contributed by atoms with van der Waals surface area (Å²) in [5.74, 6) is 0.905. The molecular weight excluding hydrogens is 322 g/mol. The van der Waals surface area contributed by atoms with E-state index in [1.807, 2.05) is 7.05 Å². The van der Waals surface area contributed by atoms with Crippen molar-refractivity contribution >= 4 is 11.6 Å². The largest absolute Gasteiger partial charge is 0.375 e. The molecule has 1 aromatic rings. The number of guanidine groups is 1. The standard InChI is InChI=1S/C21H39N5/c1-6-26(7-2)18-11-13-19(3)24-21(22-4)23-16-12-17-25(5)20-14-9-8-10-15-20/h8-10,14-15,19H,6-7,11-13,16-18H2,1-5H3,(H2,22,23,24). The van der Waals surface area contributed by atoms with Crippen LogP contribution in [-0.2, 0) is 0 Å². The zero-order valence-electron chi connectivity index (χ0n) is 17.5. The monoisotopic (exact) mass is 361 g/mol. The molecule has 26 heavy (non-hydrogen) atoms. The topological polar surface area (TPSA) is 42.9 Å². The maximum absolute atomic E-state index is 4.35. The van der Waals surface area contributed by atoms with E-state index in [9.17, 15) is 0 Å². The maximum atomic E-state index is 4.35. The Bertz CT molecular complexity index is 484. The number of hydrogen-bond donors (Lipinski definition) is 2. The molecule has 0 aliphatic carbocycles. The second-order valence-electron chi connectivity index (χ2n) is 6.82. The first-order valence-corrected chi connectivity index (χ1v) is 10.1. The van der Waals surface area contributed by atoms with Gasteiger partial charge < -0.3 is 20.4 Å². The highest BCUT2D eigenvalue weighted by Gasteiger charge is 2.06. The van der Waals surface area contributed by atoms with E-state index >= 15 is 0 Å². The second-order valence-corrected chi connectivity index (χ2v) is 6.82. The van der Waals surface area contributed by atoms with E-state index < -0.39 is 0 Å². The fourth-order valence-corrected chi connectivity index (χ4v) is 3.00. The number of nitrogens with one attached hydrogen (secondary N) is 2. The lowest BCUT2D eigenvalue weighted by Gasteiger charge is -2.22. The van der Waals surface area contributed by atoms with Gasteiger partial charge in [0, 0.05) is 38.9 Å². The van der Waals surface area contributed by atoms with Crippen LogP contribution in [0.25, 0.3) is 0 Å². The Balaban J connectivity index is 2.20. The maximum Gasteiger partial charge on any atom is 0.191 e. The Morgan fingerprint density at radius 1 is 1.08 bits per heavy atom. The van der Waals surface area contributed by atoms with Crippen LogP contribution in [0.4, 0.5) is 5.69 Å². The molecule has 2 N–H and O–H groups in total. The predicted octanol–water partition coefficient (Wildman–Crippen LogP) is 3.19. The van der Waals surface area contributed by atoms with Gasteiger partial charge >= 0.3 is 0 Å². The van der Waals surface area contributed by atoms with Crippen LogP contribution in [0.2, 0.25) is 0 Å². The zero-order chi connectivity index (χ0) is 19.2. The molecular formula is C21H39N5. The summed E-state index contributed by atoms with van der Waals surface area (Å²) in [7, 11) is 3.98. The Morgan fingerprint density at radius 3 is 2.38 bits per heavy atom. The molecule has 0 bridgehead atoms. The van der Waals surface area contributed by atoms with Gasteiger partial charge in [0.2, 0.25) is 0 Å². The smallest absolute Gasteiger partial charge is 0.191 e. The number of rotatable bonds is 12. The van der Waals surface area contributed by atoms with Gasteiger partial charge in [-0.3, -0.25) is 4.99 Å². The van der Waals surface area contributed by atoms with E-state index in [4.69, 9.17) is 0 Å². The van der Waals surface area contributed by atoms with Crippen molar-refractivity contribution in [3.8, 4) is 0 Å². The number of aliphatic imine (C=N–C) groups is 1. The van der Waals surface area contributed by atoms with Crippen LogP contribution in [-0.4, -0.2) is 63.7 Å². The summed E-state index contributed by atoms with van der Waals surface area (Å²) < 4.78 is 0. The minimum Gasteiger partial charge on any atom is -0.375 e. The normalized spacial score (nSPS) is 12.9. The lowest BCUT2D eigenvalue weighted by atomic mass is 10.2. The third kappa shape index (κ3) is 9.09. The van der Waals surface area contributed by atoms with Gasteiger partial charge in [-0.15, -0.1) is 0 Å².